The molecule has 1 aromatic carbocycles. The minimum Gasteiger partial charge on any atom is -0.491 e. The van der Waals surface area contributed by atoms with E-state index in [-0.39, 0.29) is 11.4 Å². The lowest BCUT2D eigenvalue weighted by Gasteiger charge is -2.11. The number of aromatic nitrogens is 4. The van der Waals surface area contributed by atoms with Gasteiger partial charge in [0.1, 0.15) is 5.82 Å². The van der Waals surface area contributed by atoms with Crippen LogP contribution in [0.2, 0.25) is 5.02 Å². The van der Waals surface area contributed by atoms with Gasteiger partial charge in [-0.3, -0.25) is 0 Å². The van der Waals surface area contributed by atoms with Gasteiger partial charge in [0, 0.05) is 5.02 Å². The van der Waals surface area contributed by atoms with E-state index in [1.54, 1.807) is 6.07 Å². The quantitative estimate of drug-likeness (QED) is 0.789. The molecule has 0 saturated heterocycles. The van der Waals surface area contributed by atoms with Gasteiger partial charge in [-0.15, -0.1) is 0 Å². The van der Waals surface area contributed by atoms with Crippen LogP contribution < -0.4 is 10.1 Å². The van der Waals surface area contributed by atoms with E-state index in [2.05, 4.69) is 25.5 Å². The number of ether oxygens (including phenoxy) is 1. The summed E-state index contributed by atoms with van der Waals surface area (Å²) in [6.45, 7) is 0. The average Bonchev–Trinajstić information content (AvgIpc) is 2.58. The number of hydrogen-bond donors (Lipinski definition) is 1. The SMILES string of the molecule is COc1cnc(-c2cc(Cl)ccc2F)nc1Nc1ccnnc1. The molecule has 3 rings (SSSR count). The molecule has 0 fully saturated rings. The molecule has 2 heterocycles. The summed E-state index contributed by atoms with van der Waals surface area (Å²) in [5.41, 5.74) is 0.866. The van der Waals surface area contributed by atoms with Crippen LogP contribution in [0.25, 0.3) is 11.4 Å². The van der Waals surface area contributed by atoms with Gasteiger partial charge in [-0.25, -0.2) is 14.4 Å². The standard InChI is InChI=1S/C15H11ClFN5O/c1-23-13-8-18-14(11-6-9(16)2-3-12(11)17)22-15(13)21-10-4-5-19-20-7-10/h2-8H,1H3,(H,18,19,21,22). The van der Waals surface area contributed by atoms with Crippen LogP contribution in [0.1, 0.15) is 0 Å². The normalized spacial score (nSPS) is 10.4. The molecule has 116 valence electrons. The van der Waals surface area contributed by atoms with E-state index in [4.69, 9.17) is 16.3 Å². The Morgan fingerprint density at radius 2 is 2.04 bits per heavy atom. The van der Waals surface area contributed by atoms with Crippen molar-refractivity contribution >= 4 is 23.1 Å². The zero-order valence-electron chi connectivity index (χ0n) is 12.0. The van der Waals surface area contributed by atoms with E-state index in [1.807, 2.05) is 0 Å². The Morgan fingerprint density at radius 1 is 1.17 bits per heavy atom. The van der Waals surface area contributed by atoms with Gasteiger partial charge in [-0.05, 0) is 24.3 Å². The topological polar surface area (TPSA) is 72.8 Å². The fourth-order valence-corrected chi connectivity index (χ4v) is 2.08. The maximum atomic E-state index is 14.0. The van der Waals surface area contributed by atoms with Gasteiger partial charge >= 0.3 is 0 Å². The van der Waals surface area contributed by atoms with Crippen molar-refractivity contribution in [2.75, 3.05) is 12.4 Å². The molecule has 23 heavy (non-hydrogen) atoms. The van der Waals surface area contributed by atoms with Crippen molar-refractivity contribution in [1.29, 1.82) is 0 Å². The molecule has 0 spiro atoms. The van der Waals surface area contributed by atoms with Crippen molar-refractivity contribution in [3.05, 3.63) is 53.7 Å². The van der Waals surface area contributed by atoms with Crippen molar-refractivity contribution in [3.63, 3.8) is 0 Å². The van der Waals surface area contributed by atoms with Crippen molar-refractivity contribution in [2.24, 2.45) is 0 Å². The third-order valence-electron chi connectivity index (χ3n) is 2.99. The first-order valence-corrected chi connectivity index (χ1v) is 6.95. The maximum Gasteiger partial charge on any atom is 0.179 e. The molecule has 3 aromatic rings. The molecule has 1 N–H and O–H groups in total. The summed E-state index contributed by atoms with van der Waals surface area (Å²) in [6, 6.07) is 5.92. The van der Waals surface area contributed by atoms with Crippen LogP contribution in [0.15, 0.2) is 42.9 Å². The van der Waals surface area contributed by atoms with Gasteiger partial charge in [0.2, 0.25) is 0 Å². The summed E-state index contributed by atoms with van der Waals surface area (Å²) < 4.78 is 19.2. The van der Waals surface area contributed by atoms with Gasteiger partial charge in [-0.1, -0.05) is 11.6 Å². The molecule has 0 radical (unpaired) electrons. The number of methoxy groups -OCH3 is 1. The Kier molecular flexibility index (Phi) is 4.29. The van der Waals surface area contributed by atoms with Gasteiger partial charge in [0.25, 0.3) is 0 Å². The molecule has 0 aliphatic heterocycles. The molecule has 6 nitrogen and oxygen atoms in total. The first-order valence-electron chi connectivity index (χ1n) is 6.57. The van der Waals surface area contributed by atoms with Crippen molar-refractivity contribution in [3.8, 4) is 17.1 Å². The van der Waals surface area contributed by atoms with Crippen LogP contribution in [0.5, 0.6) is 5.75 Å². The number of nitrogens with one attached hydrogen (secondary N) is 1. The van der Waals surface area contributed by atoms with Crippen LogP contribution in [-0.4, -0.2) is 27.3 Å². The third-order valence-corrected chi connectivity index (χ3v) is 3.23. The van der Waals surface area contributed by atoms with Crippen LogP contribution >= 0.6 is 11.6 Å². The Labute approximate surface area is 136 Å². The fraction of sp³-hybridized carbons (Fsp3) is 0.0667. The fourth-order valence-electron chi connectivity index (χ4n) is 1.91. The number of rotatable bonds is 4. The first kappa shape index (κ1) is 15.1. The summed E-state index contributed by atoms with van der Waals surface area (Å²) in [4.78, 5) is 8.44. The Bertz CT molecular complexity index is 831. The molecule has 0 amide bonds. The van der Waals surface area contributed by atoms with Crippen molar-refractivity contribution < 1.29 is 9.13 Å². The molecule has 0 aliphatic rings. The molecule has 0 aliphatic carbocycles. The molecule has 0 atom stereocenters. The molecule has 0 saturated carbocycles. The van der Waals surface area contributed by atoms with Crippen molar-refractivity contribution in [2.45, 2.75) is 0 Å². The minimum atomic E-state index is -0.462. The van der Waals surface area contributed by atoms with E-state index in [1.165, 1.54) is 43.9 Å². The maximum absolute atomic E-state index is 14.0. The summed E-state index contributed by atoms with van der Waals surface area (Å²) in [7, 11) is 1.49. The smallest absolute Gasteiger partial charge is 0.179 e. The highest BCUT2D eigenvalue weighted by Crippen LogP contribution is 2.29. The summed E-state index contributed by atoms with van der Waals surface area (Å²) in [5, 5.41) is 10.9. The van der Waals surface area contributed by atoms with Gasteiger partial charge in [0.05, 0.1) is 37.0 Å². The number of halogens is 2. The zero-order valence-corrected chi connectivity index (χ0v) is 12.8. The van der Waals surface area contributed by atoms with Crippen LogP contribution in [-0.2, 0) is 0 Å². The van der Waals surface area contributed by atoms with E-state index >= 15 is 0 Å². The van der Waals surface area contributed by atoms with Gasteiger partial charge in [0.15, 0.2) is 17.4 Å². The summed E-state index contributed by atoms with van der Waals surface area (Å²) in [5.74, 6) is 0.518. The molecular formula is C15H11ClFN5O. The molecule has 8 heteroatoms. The average molecular weight is 332 g/mol. The molecule has 0 unspecified atom stereocenters. The minimum absolute atomic E-state index is 0.190. The summed E-state index contributed by atoms with van der Waals surface area (Å²) >= 11 is 5.92. The lowest BCUT2D eigenvalue weighted by atomic mass is 10.2. The van der Waals surface area contributed by atoms with E-state index in [0.717, 1.165) is 0 Å². The van der Waals surface area contributed by atoms with E-state index in [0.29, 0.717) is 22.3 Å². The number of anilines is 2. The number of benzene rings is 1. The highest BCUT2D eigenvalue weighted by atomic mass is 35.5. The highest BCUT2D eigenvalue weighted by molar-refractivity contribution is 6.30. The largest absolute Gasteiger partial charge is 0.491 e. The Hall–Kier alpha value is -2.80. The second-order valence-corrected chi connectivity index (χ2v) is 4.93. The van der Waals surface area contributed by atoms with Crippen LogP contribution in [0, 0.1) is 5.82 Å². The number of hydrogen-bond acceptors (Lipinski definition) is 6. The lowest BCUT2D eigenvalue weighted by Crippen LogP contribution is -2.02. The monoisotopic (exact) mass is 331 g/mol. The summed E-state index contributed by atoms with van der Waals surface area (Å²) in [6.07, 6.45) is 4.52. The second-order valence-electron chi connectivity index (χ2n) is 4.49. The van der Waals surface area contributed by atoms with E-state index in [9.17, 15) is 4.39 Å². The lowest BCUT2D eigenvalue weighted by molar-refractivity contribution is 0.413. The molecule has 2 aromatic heterocycles. The van der Waals surface area contributed by atoms with E-state index < -0.39 is 5.82 Å². The zero-order chi connectivity index (χ0) is 16.2. The number of nitrogens with zero attached hydrogens (tertiary/aromatic N) is 4. The third kappa shape index (κ3) is 3.35. The molecular weight excluding hydrogens is 321 g/mol. The predicted molar refractivity (Wildman–Crippen MR) is 84.3 cm³/mol. The van der Waals surface area contributed by atoms with Crippen molar-refractivity contribution in [1.82, 2.24) is 20.2 Å². The van der Waals surface area contributed by atoms with Crippen LogP contribution in [0.4, 0.5) is 15.9 Å². The first-order chi connectivity index (χ1) is 11.2. The second kappa shape index (κ2) is 6.53. The predicted octanol–water partition coefficient (Wildman–Crippen LogP) is 3.48. The molecule has 0 bridgehead atoms. The van der Waals surface area contributed by atoms with Crippen LogP contribution in [0.3, 0.4) is 0 Å². The van der Waals surface area contributed by atoms with Gasteiger partial charge in [-0.2, -0.15) is 10.2 Å². The Balaban J connectivity index is 2.04. The highest BCUT2D eigenvalue weighted by Gasteiger charge is 2.13. The van der Waals surface area contributed by atoms with Gasteiger partial charge < -0.3 is 10.1 Å². The Morgan fingerprint density at radius 3 is 2.78 bits per heavy atom.